The molecule has 226 valence electrons. The molecular formula is C33H46O8. The van der Waals surface area contributed by atoms with Gasteiger partial charge >= 0.3 is 11.9 Å². The Kier molecular flexibility index (Phi) is 6.91. The summed E-state index contributed by atoms with van der Waals surface area (Å²) in [4.78, 5) is 36.6. The molecule has 8 heteroatoms. The van der Waals surface area contributed by atoms with E-state index in [2.05, 4.69) is 19.9 Å². The van der Waals surface area contributed by atoms with Crippen molar-refractivity contribution in [1.29, 1.82) is 0 Å². The van der Waals surface area contributed by atoms with Gasteiger partial charge in [0.2, 0.25) is 6.29 Å². The van der Waals surface area contributed by atoms with Crippen molar-refractivity contribution in [2.24, 2.45) is 34.5 Å². The van der Waals surface area contributed by atoms with Gasteiger partial charge in [-0.15, -0.1) is 0 Å². The lowest BCUT2D eigenvalue weighted by molar-refractivity contribution is -0.214. The first-order chi connectivity index (χ1) is 19.2. The number of carbonyl (C=O) groups excluding carboxylic acids is 3. The number of aliphatic hydroxyl groups is 1. The molecule has 6 aliphatic rings. The number of hydrogen-bond acceptors (Lipinski definition) is 8. The van der Waals surface area contributed by atoms with Crippen LogP contribution in [0.1, 0.15) is 93.4 Å². The average molecular weight is 571 g/mol. The third-order valence-corrected chi connectivity index (χ3v) is 12.0. The van der Waals surface area contributed by atoms with Crippen molar-refractivity contribution in [2.75, 3.05) is 0 Å². The number of ketones is 1. The molecule has 0 spiro atoms. The van der Waals surface area contributed by atoms with E-state index in [9.17, 15) is 19.5 Å². The predicted octanol–water partition coefficient (Wildman–Crippen LogP) is 4.82. The summed E-state index contributed by atoms with van der Waals surface area (Å²) in [5.41, 5.74) is 2.57. The number of esters is 2. The van der Waals surface area contributed by atoms with E-state index >= 15 is 0 Å². The van der Waals surface area contributed by atoms with Crippen molar-refractivity contribution in [3.8, 4) is 0 Å². The minimum absolute atomic E-state index is 0.0134. The predicted molar refractivity (Wildman–Crippen MR) is 149 cm³/mol. The van der Waals surface area contributed by atoms with E-state index in [1.54, 1.807) is 19.4 Å². The Balaban J connectivity index is 1.34. The van der Waals surface area contributed by atoms with Gasteiger partial charge in [0.1, 0.15) is 12.2 Å². The molecule has 0 amide bonds. The molecule has 11 unspecified atom stereocenters. The molecule has 0 aromatic rings. The van der Waals surface area contributed by atoms with Gasteiger partial charge in [-0.2, -0.15) is 0 Å². The van der Waals surface area contributed by atoms with E-state index in [0.717, 1.165) is 44.9 Å². The molecule has 0 radical (unpaired) electrons. The van der Waals surface area contributed by atoms with Crippen molar-refractivity contribution in [1.82, 2.24) is 0 Å². The lowest BCUT2D eigenvalue weighted by atomic mass is 9.51. The first-order valence-corrected chi connectivity index (χ1v) is 15.6. The van der Waals surface area contributed by atoms with Crippen LogP contribution in [0.15, 0.2) is 22.8 Å². The highest BCUT2D eigenvalue weighted by molar-refractivity contribution is 5.86. The van der Waals surface area contributed by atoms with Crippen LogP contribution in [0.2, 0.25) is 0 Å². The fraction of sp³-hybridized carbons (Fsp3) is 0.788. The first-order valence-electron chi connectivity index (χ1n) is 15.6. The van der Waals surface area contributed by atoms with Gasteiger partial charge in [0.25, 0.3) is 0 Å². The van der Waals surface area contributed by atoms with Gasteiger partial charge in [-0.1, -0.05) is 39.3 Å². The van der Waals surface area contributed by atoms with Crippen LogP contribution in [0.3, 0.4) is 0 Å². The Morgan fingerprint density at radius 3 is 2.34 bits per heavy atom. The summed E-state index contributed by atoms with van der Waals surface area (Å²) in [5.74, 6) is -1.18. The third kappa shape index (κ3) is 4.14. The second-order valence-corrected chi connectivity index (χ2v) is 14.4. The second-order valence-electron chi connectivity index (χ2n) is 14.4. The Morgan fingerprint density at radius 1 is 1.00 bits per heavy atom. The molecule has 11 atom stereocenters. The number of fused-ring (bicyclic) bond motifs is 8. The Morgan fingerprint density at radius 2 is 1.71 bits per heavy atom. The van der Waals surface area contributed by atoms with Crippen LogP contribution in [0.4, 0.5) is 0 Å². The lowest BCUT2D eigenvalue weighted by Gasteiger charge is -2.54. The minimum Gasteiger partial charge on any atom is -0.463 e. The summed E-state index contributed by atoms with van der Waals surface area (Å²) >= 11 is 0. The van der Waals surface area contributed by atoms with Crippen LogP contribution in [-0.4, -0.2) is 59.1 Å². The molecule has 3 fully saturated rings. The van der Waals surface area contributed by atoms with Gasteiger partial charge in [0, 0.05) is 19.8 Å². The maximum absolute atomic E-state index is 12.8. The Bertz CT molecular complexity index is 1220. The summed E-state index contributed by atoms with van der Waals surface area (Å²) < 4.78 is 24.4. The third-order valence-electron chi connectivity index (χ3n) is 12.0. The van der Waals surface area contributed by atoms with Crippen molar-refractivity contribution < 1.29 is 38.4 Å². The topological polar surface area (TPSA) is 108 Å². The van der Waals surface area contributed by atoms with Gasteiger partial charge in [-0.05, 0) is 85.7 Å². The summed E-state index contributed by atoms with van der Waals surface area (Å²) in [7, 11) is 0. The number of ether oxygens (including phenoxy) is 4. The van der Waals surface area contributed by atoms with E-state index in [1.807, 2.05) is 0 Å². The number of hydrogen-bond donors (Lipinski definition) is 1. The maximum Gasteiger partial charge on any atom is 0.304 e. The lowest BCUT2D eigenvalue weighted by Crippen LogP contribution is -2.57. The molecule has 2 saturated heterocycles. The molecule has 6 rings (SSSR count). The highest BCUT2D eigenvalue weighted by atomic mass is 16.7. The zero-order valence-electron chi connectivity index (χ0n) is 25.5. The van der Waals surface area contributed by atoms with E-state index in [0.29, 0.717) is 5.92 Å². The van der Waals surface area contributed by atoms with Crippen molar-refractivity contribution >= 4 is 17.7 Å². The van der Waals surface area contributed by atoms with Gasteiger partial charge in [0.15, 0.2) is 11.4 Å². The van der Waals surface area contributed by atoms with Crippen LogP contribution in [0.5, 0.6) is 0 Å². The normalized spacial score (nSPS) is 44.2. The van der Waals surface area contributed by atoms with Gasteiger partial charge < -0.3 is 24.1 Å². The number of rotatable bonds is 5. The molecule has 41 heavy (non-hydrogen) atoms. The second kappa shape index (κ2) is 9.75. The highest BCUT2D eigenvalue weighted by Crippen LogP contribution is 2.67. The van der Waals surface area contributed by atoms with E-state index < -0.39 is 36.0 Å². The summed E-state index contributed by atoms with van der Waals surface area (Å²) in [5, 5.41) is 11.6. The maximum atomic E-state index is 12.8. The average Bonchev–Trinajstić information content (AvgIpc) is 3.50. The van der Waals surface area contributed by atoms with E-state index in [-0.39, 0.29) is 46.6 Å². The van der Waals surface area contributed by atoms with Crippen LogP contribution in [-0.2, 0) is 33.3 Å². The molecular weight excluding hydrogens is 524 g/mol. The molecule has 0 aromatic carbocycles. The molecule has 8 nitrogen and oxygen atoms in total. The fourth-order valence-corrected chi connectivity index (χ4v) is 9.93. The minimum atomic E-state index is -1.75. The van der Waals surface area contributed by atoms with Gasteiger partial charge in [-0.25, -0.2) is 0 Å². The molecule has 2 heterocycles. The summed E-state index contributed by atoms with van der Waals surface area (Å²) in [6, 6.07) is 0. The van der Waals surface area contributed by atoms with Crippen LogP contribution >= 0.6 is 0 Å². The zero-order chi connectivity index (χ0) is 29.6. The number of allylic oxidation sites excluding steroid dienone is 3. The SMILES string of the molecule is CC(=O)OC1CCC2(C)C3=C(CCC2C1)C1=CC2OC4C(C(OC(C)=O)OC4C(O)(C(C)=O)C(C)C)C2C1(C)CC3. The van der Waals surface area contributed by atoms with Crippen molar-refractivity contribution in [2.45, 2.75) is 130 Å². The molecule has 0 aromatic heterocycles. The van der Waals surface area contributed by atoms with Crippen molar-refractivity contribution in [3.05, 3.63) is 22.8 Å². The van der Waals surface area contributed by atoms with Crippen LogP contribution < -0.4 is 0 Å². The van der Waals surface area contributed by atoms with E-state index in [1.165, 1.54) is 31.9 Å². The Hall–Kier alpha value is -2.03. The van der Waals surface area contributed by atoms with Crippen LogP contribution in [0, 0.1) is 34.5 Å². The zero-order valence-corrected chi connectivity index (χ0v) is 25.5. The quantitative estimate of drug-likeness (QED) is 0.469. The molecule has 1 saturated carbocycles. The largest absolute Gasteiger partial charge is 0.463 e. The van der Waals surface area contributed by atoms with Gasteiger partial charge in [0.05, 0.1) is 18.1 Å². The summed E-state index contributed by atoms with van der Waals surface area (Å²) in [6.07, 6.45) is 6.65. The van der Waals surface area contributed by atoms with Gasteiger partial charge in [-0.3, -0.25) is 14.4 Å². The molecule has 2 aliphatic heterocycles. The highest BCUT2D eigenvalue weighted by Gasteiger charge is 2.69. The Labute approximate surface area is 243 Å². The van der Waals surface area contributed by atoms with E-state index in [4.69, 9.17) is 18.9 Å². The fourth-order valence-electron chi connectivity index (χ4n) is 9.93. The molecule has 4 aliphatic carbocycles. The van der Waals surface area contributed by atoms with Crippen LogP contribution in [0.25, 0.3) is 0 Å². The molecule has 0 bridgehead atoms. The number of carbonyl (C=O) groups is 3. The summed E-state index contributed by atoms with van der Waals surface area (Å²) in [6.45, 7) is 12.6. The molecule has 1 N–H and O–H groups in total. The smallest absolute Gasteiger partial charge is 0.304 e. The standard InChI is InChI=1S/C33H46O8/c1-16(2)33(37,17(3)34)29-28-26(30(41-29)39-19(5)36)27-25(40-28)15-24-22-9-8-20-14-21(38-18(4)35)10-12-31(20,6)23(22)11-13-32(24,27)7/h15-16,20-21,25-30,37H,8-14H2,1-7H3. The number of Topliss-reactive ketones (excluding diaryl/α,β-unsaturated/α-hetero) is 1. The first kappa shape index (κ1) is 29.1. The monoisotopic (exact) mass is 570 g/mol. The van der Waals surface area contributed by atoms with Crippen molar-refractivity contribution in [3.63, 3.8) is 0 Å².